The number of hydrogen-bond donors (Lipinski definition) is 1. The molecule has 1 saturated heterocycles. The summed E-state index contributed by atoms with van der Waals surface area (Å²) in [6, 6.07) is 7.42. The van der Waals surface area contributed by atoms with Crippen molar-refractivity contribution in [1.82, 2.24) is 20.2 Å². The van der Waals surface area contributed by atoms with E-state index in [0.29, 0.717) is 6.04 Å². The van der Waals surface area contributed by atoms with E-state index in [4.69, 9.17) is 0 Å². The van der Waals surface area contributed by atoms with Crippen molar-refractivity contribution in [3.05, 3.63) is 41.5 Å². The third-order valence-electron chi connectivity index (χ3n) is 5.55. The van der Waals surface area contributed by atoms with Crippen molar-refractivity contribution in [2.45, 2.75) is 57.0 Å². The normalized spacial score (nSPS) is 21.2. The fourth-order valence-corrected chi connectivity index (χ4v) is 4.32. The summed E-state index contributed by atoms with van der Waals surface area (Å²) in [5.74, 6) is 0.756. The molecule has 0 unspecified atom stereocenters. The maximum absolute atomic E-state index is 13.4. The largest absolute Gasteiger partial charge is 0.322 e. The maximum atomic E-state index is 13.4. The second kappa shape index (κ2) is 6.97. The Morgan fingerprint density at radius 2 is 1.71 bits per heavy atom. The highest BCUT2D eigenvalue weighted by Gasteiger charge is 2.34. The van der Waals surface area contributed by atoms with Crippen LogP contribution < -0.4 is 4.90 Å². The van der Waals surface area contributed by atoms with Crippen LogP contribution in [0.4, 0.5) is 4.39 Å². The summed E-state index contributed by atoms with van der Waals surface area (Å²) in [5.41, 5.74) is 1.11. The fraction of sp³-hybridized carbons (Fsp3) is 0.611. The van der Waals surface area contributed by atoms with E-state index in [1.165, 1.54) is 37.0 Å². The lowest BCUT2D eigenvalue weighted by Crippen LogP contribution is -3.13. The van der Waals surface area contributed by atoms with E-state index in [1.807, 2.05) is 12.1 Å². The number of aromatic nitrogens is 4. The van der Waals surface area contributed by atoms with E-state index in [-0.39, 0.29) is 11.9 Å². The number of likely N-dealkylation sites (tertiary alicyclic amines) is 1. The Morgan fingerprint density at radius 3 is 2.42 bits per heavy atom. The monoisotopic (exact) mass is 330 g/mol. The Balaban J connectivity index is 1.72. The number of halogens is 1. The molecule has 2 fully saturated rings. The number of hydrogen-bond acceptors (Lipinski definition) is 3. The van der Waals surface area contributed by atoms with Crippen LogP contribution >= 0.6 is 0 Å². The van der Waals surface area contributed by atoms with Crippen molar-refractivity contribution in [2.24, 2.45) is 0 Å². The van der Waals surface area contributed by atoms with Crippen molar-refractivity contribution in [2.75, 3.05) is 13.1 Å². The number of benzene rings is 1. The quantitative estimate of drug-likeness (QED) is 0.934. The third-order valence-corrected chi connectivity index (χ3v) is 5.55. The highest BCUT2D eigenvalue weighted by molar-refractivity contribution is 5.23. The van der Waals surface area contributed by atoms with Gasteiger partial charge in [-0.05, 0) is 66.8 Å². The van der Waals surface area contributed by atoms with Gasteiger partial charge >= 0.3 is 0 Å². The van der Waals surface area contributed by atoms with Crippen molar-refractivity contribution in [1.29, 1.82) is 0 Å². The molecule has 4 rings (SSSR count). The molecular weight excluding hydrogens is 305 g/mol. The minimum atomic E-state index is -0.193. The summed E-state index contributed by atoms with van der Waals surface area (Å²) in [5, 5.41) is 12.7. The van der Waals surface area contributed by atoms with Crippen LogP contribution in [0.1, 0.15) is 68.4 Å². The molecule has 1 aromatic heterocycles. The lowest BCUT2D eigenvalue weighted by atomic mass is 10.0. The fourth-order valence-electron chi connectivity index (χ4n) is 4.32. The molecule has 1 aliphatic carbocycles. The summed E-state index contributed by atoms with van der Waals surface area (Å²) in [7, 11) is 0. The number of tetrazole rings is 1. The molecule has 0 radical (unpaired) electrons. The van der Waals surface area contributed by atoms with Crippen LogP contribution in [0.3, 0.4) is 0 Å². The molecule has 1 N–H and O–H groups in total. The molecular formula is C18H25FN5+. The Hall–Kier alpha value is -1.82. The van der Waals surface area contributed by atoms with Crippen LogP contribution in [-0.4, -0.2) is 33.3 Å². The SMILES string of the molecule is Fc1ccc([C@H](c2nnnn2C2CCCC2)[NH+]2CCCCC2)cc1. The van der Waals surface area contributed by atoms with Gasteiger partial charge in [0.2, 0.25) is 5.82 Å². The summed E-state index contributed by atoms with van der Waals surface area (Å²) < 4.78 is 15.5. The van der Waals surface area contributed by atoms with Gasteiger partial charge in [-0.25, -0.2) is 9.07 Å². The molecule has 24 heavy (non-hydrogen) atoms. The third kappa shape index (κ3) is 3.07. The Bertz CT molecular complexity index is 656. The molecule has 128 valence electrons. The Morgan fingerprint density at radius 1 is 1.00 bits per heavy atom. The predicted octanol–water partition coefficient (Wildman–Crippen LogP) is 2.09. The van der Waals surface area contributed by atoms with E-state index in [2.05, 4.69) is 20.2 Å². The van der Waals surface area contributed by atoms with Crippen molar-refractivity contribution >= 4 is 0 Å². The maximum Gasteiger partial charge on any atom is 0.214 e. The standard InChI is InChI=1S/C18H24FN5/c19-15-10-8-14(9-11-15)17(23-12-4-1-5-13-23)18-20-21-22-24(18)16-6-2-3-7-16/h8-11,16-17H,1-7,12-13H2/p+1/t17-/m1/s1. The van der Waals surface area contributed by atoms with Gasteiger partial charge in [-0.2, -0.15) is 0 Å². The molecule has 2 aliphatic rings. The van der Waals surface area contributed by atoms with Gasteiger partial charge in [0.15, 0.2) is 6.04 Å². The molecule has 5 nitrogen and oxygen atoms in total. The van der Waals surface area contributed by atoms with Crippen molar-refractivity contribution in [3.8, 4) is 0 Å². The van der Waals surface area contributed by atoms with Gasteiger partial charge in [0.05, 0.1) is 19.1 Å². The molecule has 1 aliphatic heterocycles. The average molecular weight is 330 g/mol. The molecule has 1 atom stereocenters. The van der Waals surface area contributed by atoms with Crippen molar-refractivity contribution in [3.63, 3.8) is 0 Å². The van der Waals surface area contributed by atoms with Crippen LogP contribution in [0.2, 0.25) is 0 Å². The molecule has 1 aromatic carbocycles. The van der Waals surface area contributed by atoms with Crippen LogP contribution in [0.5, 0.6) is 0 Å². The first-order chi connectivity index (χ1) is 11.8. The second-order valence-electron chi connectivity index (χ2n) is 7.12. The smallest absolute Gasteiger partial charge is 0.214 e. The molecule has 2 heterocycles. The zero-order chi connectivity index (χ0) is 16.4. The lowest BCUT2D eigenvalue weighted by molar-refractivity contribution is -0.931. The Kier molecular flexibility index (Phi) is 4.56. The minimum absolute atomic E-state index is 0.0986. The molecule has 6 heteroatoms. The van der Waals surface area contributed by atoms with Crippen LogP contribution in [0.15, 0.2) is 24.3 Å². The minimum Gasteiger partial charge on any atom is -0.322 e. The summed E-state index contributed by atoms with van der Waals surface area (Å²) in [6.07, 6.45) is 8.58. The van der Waals surface area contributed by atoms with Crippen LogP contribution in [-0.2, 0) is 0 Å². The van der Waals surface area contributed by atoms with Crippen LogP contribution in [0.25, 0.3) is 0 Å². The molecule has 0 amide bonds. The van der Waals surface area contributed by atoms with Crippen molar-refractivity contribution < 1.29 is 9.29 Å². The molecule has 1 saturated carbocycles. The summed E-state index contributed by atoms with van der Waals surface area (Å²) in [6.45, 7) is 2.25. The first-order valence-electron chi connectivity index (χ1n) is 9.21. The lowest BCUT2D eigenvalue weighted by Gasteiger charge is -2.31. The van der Waals surface area contributed by atoms with E-state index < -0.39 is 0 Å². The number of piperidine rings is 1. The number of nitrogens with one attached hydrogen (secondary N) is 1. The first-order valence-corrected chi connectivity index (χ1v) is 9.21. The van der Waals surface area contributed by atoms with Gasteiger partial charge in [-0.3, -0.25) is 0 Å². The molecule has 0 bridgehead atoms. The van der Waals surface area contributed by atoms with Gasteiger partial charge in [0.25, 0.3) is 0 Å². The van der Waals surface area contributed by atoms with Gasteiger partial charge in [-0.1, -0.05) is 12.8 Å². The number of nitrogens with zero attached hydrogens (tertiary/aromatic N) is 4. The van der Waals surface area contributed by atoms with Crippen LogP contribution in [0, 0.1) is 5.82 Å². The zero-order valence-corrected chi connectivity index (χ0v) is 14.0. The van der Waals surface area contributed by atoms with Gasteiger partial charge < -0.3 is 4.90 Å². The highest BCUT2D eigenvalue weighted by Crippen LogP contribution is 2.31. The summed E-state index contributed by atoms with van der Waals surface area (Å²) >= 11 is 0. The summed E-state index contributed by atoms with van der Waals surface area (Å²) in [4.78, 5) is 1.50. The highest BCUT2D eigenvalue weighted by atomic mass is 19.1. The average Bonchev–Trinajstić information content (AvgIpc) is 3.29. The predicted molar refractivity (Wildman–Crippen MR) is 88.1 cm³/mol. The topological polar surface area (TPSA) is 48.0 Å². The van der Waals surface area contributed by atoms with Gasteiger partial charge in [0.1, 0.15) is 5.82 Å². The zero-order valence-electron chi connectivity index (χ0n) is 14.0. The van der Waals surface area contributed by atoms with E-state index in [0.717, 1.165) is 37.3 Å². The van der Waals surface area contributed by atoms with Gasteiger partial charge in [0, 0.05) is 5.56 Å². The second-order valence-corrected chi connectivity index (χ2v) is 7.12. The van der Waals surface area contributed by atoms with Gasteiger partial charge in [-0.15, -0.1) is 5.10 Å². The molecule has 0 spiro atoms. The van der Waals surface area contributed by atoms with E-state index >= 15 is 0 Å². The Labute approximate surface area is 141 Å². The number of quaternary nitrogens is 1. The van der Waals surface area contributed by atoms with E-state index in [1.54, 1.807) is 12.1 Å². The van der Waals surface area contributed by atoms with E-state index in [9.17, 15) is 4.39 Å². The molecule has 2 aromatic rings. The number of rotatable bonds is 4. The first kappa shape index (κ1) is 15.7.